The lowest BCUT2D eigenvalue weighted by Crippen LogP contribution is -2.46. The molecule has 0 aliphatic heterocycles. The summed E-state index contributed by atoms with van der Waals surface area (Å²) >= 11 is 0. The molecule has 0 aromatic heterocycles. The van der Waals surface area contributed by atoms with Crippen LogP contribution < -0.4 is 5.32 Å². The van der Waals surface area contributed by atoms with Crippen LogP contribution in [0.1, 0.15) is 48.0 Å². The fourth-order valence-corrected chi connectivity index (χ4v) is 1.37. The van der Waals surface area contributed by atoms with Crippen LogP contribution in [0.3, 0.4) is 0 Å². The van der Waals surface area contributed by atoms with E-state index < -0.39 is 35.3 Å². The van der Waals surface area contributed by atoms with Gasteiger partial charge in [0.05, 0.1) is 19.6 Å². The Kier molecular flexibility index (Phi) is 8.02. The average molecular weight is 333 g/mol. The minimum absolute atomic E-state index is 0.00392. The van der Waals surface area contributed by atoms with Crippen LogP contribution in [-0.4, -0.2) is 53.6 Å². The molecule has 0 spiro atoms. The van der Waals surface area contributed by atoms with Crippen molar-refractivity contribution in [2.45, 2.75) is 65.2 Å². The van der Waals surface area contributed by atoms with Crippen molar-refractivity contribution in [1.29, 1.82) is 0 Å². The van der Waals surface area contributed by atoms with E-state index in [0.717, 1.165) is 0 Å². The van der Waals surface area contributed by atoms with Crippen LogP contribution in [0.2, 0.25) is 0 Å². The van der Waals surface area contributed by atoms with E-state index >= 15 is 0 Å². The first-order chi connectivity index (χ1) is 10.3. The van der Waals surface area contributed by atoms with E-state index in [1.807, 2.05) is 0 Å². The van der Waals surface area contributed by atoms with Gasteiger partial charge in [-0.2, -0.15) is 0 Å². The molecule has 0 aliphatic rings. The Labute approximate surface area is 136 Å². The van der Waals surface area contributed by atoms with Gasteiger partial charge in [-0.05, 0) is 41.5 Å². The molecule has 0 fully saturated rings. The maximum absolute atomic E-state index is 11.5. The van der Waals surface area contributed by atoms with Crippen LogP contribution in [0.5, 0.6) is 0 Å². The number of esters is 1. The summed E-state index contributed by atoms with van der Waals surface area (Å²) in [4.78, 5) is 34.1. The molecular weight excluding hydrogens is 306 g/mol. The molecule has 0 saturated carbocycles. The first-order valence-corrected chi connectivity index (χ1v) is 7.32. The molecule has 0 unspecified atom stereocenters. The zero-order valence-corrected chi connectivity index (χ0v) is 14.6. The van der Waals surface area contributed by atoms with Crippen LogP contribution in [0, 0.1) is 0 Å². The summed E-state index contributed by atoms with van der Waals surface area (Å²) in [5, 5.41) is 11.2. The summed E-state index contributed by atoms with van der Waals surface area (Å²) in [5.74, 6) is -1.70. The SMILES string of the molecule is CC(C)(C)OC(=O)CCOC[C@H](NC(=O)OC(C)(C)C)C(=O)O. The summed E-state index contributed by atoms with van der Waals surface area (Å²) < 4.78 is 15.2. The van der Waals surface area contributed by atoms with Crippen LogP contribution in [0.15, 0.2) is 0 Å². The first kappa shape index (κ1) is 21.2. The molecule has 1 atom stereocenters. The molecule has 1 amide bonds. The summed E-state index contributed by atoms with van der Waals surface area (Å²) in [6, 6.07) is -1.26. The molecule has 0 rings (SSSR count). The highest BCUT2D eigenvalue weighted by Gasteiger charge is 2.24. The van der Waals surface area contributed by atoms with Gasteiger partial charge in [0.2, 0.25) is 0 Å². The maximum Gasteiger partial charge on any atom is 0.408 e. The molecule has 0 radical (unpaired) electrons. The molecule has 0 bridgehead atoms. The number of ether oxygens (including phenoxy) is 3. The lowest BCUT2D eigenvalue weighted by molar-refractivity contribution is -0.156. The Morgan fingerprint density at radius 3 is 1.96 bits per heavy atom. The highest BCUT2D eigenvalue weighted by atomic mass is 16.6. The van der Waals surface area contributed by atoms with Crippen molar-refractivity contribution in [3.63, 3.8) is 0 Å². The number of carboxylic acids is 1. The molecule has 2 N–H and O–H groups in total. The molecule has 0 aromatic carbocycles. The Morgan fingerprint density at radius 2 is 1.52 bits per heavy atom. The van der Waals surface area contributed by atoms with Crippen LogP contribution in [-0.2, 0) is 23.8 Å². The molecular formula is C15H27NO7. The van der Waals surface area contributed by atoms with Crippen LogP contribution in [0.4, 0.5) is 4.79 Å². The molecule has 0 aliphatic carbocycles. The molecule has 134 valence electrons. The third-order valence-corrected chi connectivity index (χ3v) is 2.14. The third kappa shape index (κ3) is 12.4. The number of rotatable bonds is 7. The summed E-state index contributed by atoms with van der Waals surface area (Å²) in [7, 11) is 0. The number of alkyl carbamates (subject to hydrolysis) is 1. The Morgan fingerprint density at radius 1 is 1.00 bits per heavy atom. The summed E-state index contributed by atoms with van der Waals surface area (Å²) in [6.45, 7) is 9.95. The van der Waals surface area contributed by atoms with Gasteiger partial charge in [-0.15, -0.1) is 0 Å². The van der Waals surface area contributed by atoms with Crippen molar-refractivity contribution in [2.24, 2.45) is 0 Å². The lowest BCUT2D eigenvalue weighted by atomic mass is 10.2. The summed E-state index contributed by atoms with van der Waals surface area (Å²) in [5.41, 5.74) is -1.32. The number of carboxylic acid groups (broad SMARTS) is 1. The van der Waals surface area contributed by atoms with E-state index in [9.17, 15) is 14.4 Å². The van der Waals surface area contributed by atoms with Crippen molar-refractivity contribution in [3.8, 4) is 0 Å². The number of hydrogen-bond acceptors (Lipinski definition) is 6. The number of hydrogen-bond donors (Lipinski definition) is 2. The zero-order chi connectivity index (χ0) is 18.3. The normalized spacial score (nSPS) is 13.1. The van der Waals surface area contributed by atoms with Gasteiger partial charge < -0.3 is 24.6 Å². The molecule has 23 heavy (non-hydrogen) atoms. The fourth-order valence-electron chi connectivity index (χ4n) is 1.37. The van der Waals surface area contributed by atoms with Crippen molar-refractivity contribution in [3.05, 3.63) is 0 Å². The predicted octanol–water partition coefficient (Wildman–Crippen LogP) is 1.71. The number of aliphatic carboxylic acids is 1. The second kappa shape index (κ2) is 8.71. The maximum atomic E-state index is 11.5. The Bertz CT molecular complexity index is 421. The largest absolute Gasteiger partial charge is 0.480 e. The van der Waals surface area contributed by atoms with Gasteiger partial charge in [-0.3, -0.25) is 4.79 Å². The van der Waals surface area contributed by atoms with E-state index in [-0.39, 0.29) is 19.6 Å². The summed E-state index contributed by atoms with van der Waals surface area (Å²) in [6.07, 6.45) is -0.851. The van der Waals surface area contributed by atoms with E-state index in [4.69, 9.17) is 19.3 Å². The first-order valence-electron chi connectivity index (χ1n) is 7.32. The van der Waals surface area contributed by atoms with Gasteiger partial charge >= 0.3 is 18.0 Å². The minimum Gasteiger partial charge on any atom is -0.480 e. The van der Waals surface area contributed by atoms with Crippen molar-refractivity contribution in [1.82, 2.24) is 5.32 Å². The van der Waals surface area contributed by atoms with Gasteiger partial charge in [-0.25, -0.2) is 9.59 Å². The number of nitrogens with one attached hydrogen (secondary N) is 1. The van der Waals surface area contributed by atoms with Gasteiger partial charge in [0.1, 0.15) is 11.2 Å². The Balaban J connectivity index is 4.19. The van der Waals surface area contributed by atoms with Crippen LogP contribution in [0.25, 0.3) is 0 Å². The minimum atomic E-state index is -1.26. The highest BCUT2D eigenvalue weighted by Crippen LogP contribution is 2.08. The zero-order valence-electron chi connectivity index (χ0n) is 14.6. The fraction of sp³-hybridized carbons (Fsp3) is 0.800. The second-order valence-electron chi connectivity index (χ2n) is 6.95. The van der Waals surface area contributed by atoms with E-state index in [2.05, 4.69) is 5.32 Å². The average Bonchev–Trinajstić information content (AvgIpc) is 2.27. The number of carbonyl (C=O) groups is 3. The topological polar surface area (TPSA) is 111 Å². The van der Waals surface area contributed by atoms with Gasteiger partial charge in [0.15, 0.2) is 6.04 Å². The molecule has 0 heterocycles. The van der Waals surface area contributed by atoms with E-state index in [1.54, 1.807) is 41.5 Å². The highest BCUT2D eigenvalue weighted by molar-refractivity contribution is 5.80. The van der Waals surface area contributed by atoms with Gasteiger partial charge in [0.25, 0.3) is 0 Å². The standard InChI is InChI=1S/C15H27NO7/c1-14(2,3)22-11(17)7-8-21-9-10(12(18)19)16-13(20)23-15(4,5)6/h10H,7-9H2,1-6H3,(H,16,20)(H,18,19)/t10-/m0/s1. The predicted molar refractivity (Wildman–Crippen MR) is 82.1 cm³/mol. The van der Waals surface area contributed by atoms with Crippen molar-refractivity contribution in [2.75, 3.05) is 13.2 Å². The Hall–Kier alpha value is -1.83. The lowest BCUT2D eigenvalue weighted by Gasteiger charge is -2.22. The van der Waals surface area contributed by atoms with E-state index in [1.165, 1.54) is 0 Å². The van der Waals surface area contributed by atoms with Gasteiger partial charge in [-0.1, -0.05) is 0 Å². The second-order valence-corrected chi connectivity index (χ2v) is 6.95. The molecule has 0 aromatic rings. The third-order valence-electron chi connectivity index (χ3n) is 2.14. The molecule has 0 saturated heterocycles. The molecule has 8 nitrogen and oxygen atoms in total. The van der Waals surface area contributed by atoms with Crippen molar-refractivity contribution >= 4 is 18.0 Å². The van der Waals surface area contributed by atoms with E-state index in [0.29, 0.717) is 0 Å². The quantitative estimate of drug-likeness (QED) is 0.539. The number of amides is 1. The van der Waals surface area contributed by atoms with Crippen LogP contribution >= 0.6 is 0 Å². The molecule has 8 heteroatoms. The smallest absolute Gasteiger partial charge is 0.408 e. The number of carbonyl (C=O) groups excluding carboxylic acids is 2. The van der Waals surface area contributed by atoms with Gasteiger partial charge in [0, 0.05) is 0 Å². The monoisotopic (exact) mass is 333 g/mol. The van der Waals surface area contributed by atoms with Crippen molar-refractivity contribution < 1.29 is 33.7 Å².